The van der Waals surface area contributed by atoms with Crippen LogP contribution in [0.25, 0.3) is 0 Å². The van der Waals surface area contributed by atoms with Crippen LogP contribution >= 0.6 is 0 Å². The van der Waals surface area contributed by atoms with Gasteiger partial charge in [-0.3, -0.25) is 0 Å². The SMILES string of the molecule is CCNc1cc(NC(C)c2ccco2)nc(C)n1. The van der Waals surface area contributed by atoms with Gasteiger partial charge < -0.3 is 15.1 Å². The van der Waals surface area contributed by atoms with Crippen LogP contribution in [0.1, 0.15) is 31.5 Å². The minimum Gasteiger partial charge on any atom is -0.467 e. The van der Waals surface area contributed by atoms with Crippen molar-refractivity contribution in [2.45, 2.75) is 26.8 Å². The Morgan fingerprint density at radius 2 is 2.11 bits per heavy atom. The summed E-state index contributed by atoms with van der Waals surface area (Å²) in [5.41, 5.74) is 0. The van der Waals surface area contributed by atoms with Crippen LogP contribution in [0, 0.1) is 6.92 Å². The molecular weight excluding hydrogens is 228 g/mol. The average Bonchev–Trinajstić information content (AvgIpc) is 2.81. The molecule has 0 aliphatic carbocycles. The van der Waals surface area contributed by atoms with Crippen LogP contribution in [-0.4, -0.2) is 16.5 Å². The third kappa shape index (κ3) is 3.00. The number of aromatic nitrogens is 2. The molecule has 0 aromatic carbocycles. The molecule has 1 atom stereocenters. The van der Waals surface area contributed by atoms with Crippen LogP contribution in [0.2, 0.25) is 0 Å². The normalized spacial score (nSPS) is 12.2. The number of hydrogen-bond acceptors (Lipinski definition) is 5. The summed E-state index contributed by atoms with van der Waals surface area (Å²) in [7, 11) is 0. The van der Waals surface area contributed by atoms with Crippen molar-refractivity contribution in [3.8, 4) is 0 Å². The zero-order valence-electron chi connectivity index (χ0n) is 10.9. The summed E-state index contributed by atoms with van der Waals surface area (Å²) >= 11 is 0. The third-order valence-electron chi connectivity index (χ3n) is 2.53. The van der Waals surface area contributed by atoms with Crippen LogP contribution < -0.4 is 10.6 Å². The standard InChI is InChI=1S/C13H18N4O/c1-4-14-12-8-13(17-10(3)16-12)15-9(2)11-6-5-7-18-11/h5-9H,4H2,1-3H3,(H2,14,15,16,17). The fourth-order valence-corrected chi connectivity index (χ4v) is 1.74. The maximum absolute atomic E-state index is 5.35. The number of anilines is 2. The molecule has 0 aliphatic heterocycles. The molecule has 0 aliphatic rings. The van der Waals surface area contributed by atoms with E-state index in [4.69, 9.17) is 4.42 Å². The van der Waals surface area contributed by atoms with E-state index in [1.54, 1.807) is 6.26 Å². The molecule has 2 N–H and O–H groups in total. The van der Waals surface area contributed by atoms with Crippen molar-refractivity contribution < 1.29 is 4.42 Å². The predicted octanol–water partition coefficient (Wildman–Crippen LogP) is 2.98. The van der Waals surface area contributed by atoms with Gasteiger partial charge in [0, 0.05) is 12.6 Å². The van der Waals surface area contributed by atoms with E-state index in [2.05, 4.69) is 20.6 Å². The Kier molecular flexibility index (Phi) is 3.82. The second-order valence-corrected chi connectivity index (χ2v) is 4.10. The first-order valence-electron chi connectivity index (χ1n) is 6.08. The van der Waals surface area contributed by atoms with Gasteiger partial charge in [0.05, 0.1) is 12.3 Å². The smallest absolute Gasteiger partial charge is 0.132 e. The molecule has 18 heavy (non-hydrogen) atoms. The Labute approximate surface area is 107 Å². The molecular formula is C13H18N4O. The zero-order chi connectivity index (χ0) is 13.0. The average molecular weight is 246 g/mol. The highest BCUT2D eigenvalue weighted by Crippen LogP contribution is 2.19. The van der Waals surface area contributed by atoms with Gasteiger partial charge in [0.2, 0.25) is 0 Å². The van der Waals surface area contributed by atoms with Crippen molar-refractivity contribution in [2.24, 2.45) is 0 Å². The lowest BCUT2D eigenvalue weighted by atomic mass is 10.2. The minimum absolute atomic E-state index is 0.0729. The van der Waals surface area contributed by atoms with Gasteiger partial charge in [-0.2, -0.15) is 0 Å². The molecule has 0 amide bonds. The summed E-state index contributed by atoms with van der Waals surface area (Å²) in [5, 5.41) is 6.48. The molecule has 0 bridgehead atoms. The van der Waals surface area contributed by atoms with Gasteiger partial charge in [-0.1, -0.05) is 0 Å². The van der Waals surface area contributed by atoms with Gasteiger partial charge in [-0.15, -0.1) is 0 Å². The number of nitrogens with one attached hydrogen (secondary N) is 2. The largest absolute Gasteiger partial charge is 0.467 e. The highest BCUT2D eigenvalue weighted by Gasteiger charge is 2.09. The van der Waals surface area contributed by atoms with Crippen molar-refractivity contribution in [3.05, 3.63) is 36.0 Å². The van der Waals surface area contributed by atoms with Crippen molar-refractivity contribution >= 4 is 11.6 Å². The summed E-state index contributed by atoms with van der Waals surface area (Å²) in [6.45, 7) is 6.78. The molecule has 1 unspecified atom stereocenters. The molecule has 0 radical (unpaired) electrons. The molecule has 2 rings (SSSR count). The van der Waals surface area contributed by atoms with E-state index in [-0.39, 0.29) is 6.04 Å². The summed E-state index contributed by atoms with van der Waals surface area (Å²) < 4.78 is 5.35. The van der Waals surface area contributed by atoms with E-state index >= 15 is 0 Å². The Hall–Kier alpha value is -2.04. The highest BCUT2D eigenvalue weighted by molar-refractivity contribution is 5.48. The van der Waals surface area contributed by atoms with E-state index in [0.29, 0.717) is 0 Å². The first-order chi connectivity index (χ1) is 8.69. The monoisotopic (exact) mass is 246 g/mol. The van der Waals surface area contributed by atoms with Crippen molar-refractivity contribution in [2.75, 3.05) is 17.2 Å². The van der Waals surface area contributed by atoms with Gasteiger partial charge in [0.25, 0.3) is 0 Å². The van der Waals surface area contributed by atoms with Crippen molar-refractivity contribution in [1.29, 1.82) is 0 Å². The molecule has 2 aromatic rings. The van der Waals surface area contributed by atoms with Gasteiger partial charge in [-0.05, 0) is 32.9 Å². The lowest BCUT2D eigenvalue weighted by Crippen LogP contribution is -2.09. The molecule has 96 valence electrons. The minimum atomic E-state index is 0.0729. The van der Waals surface area contributed by atoms with Crippen LogP contribution in [-0.2, 0) is 0 Å². The predicted molar refractivity (Wildman–Crippen MR) is 71.7 cm³/mol. The molecule has 0 spiro atoms. The topological polar surface area (TPSA) is 63.0 Å². The third-order valence-corrected chi connectivity index (χ3v) is 2.53. The van der Waals surface area contributed by atoms with Gasteiger partial charge >= 0.3 is 0 Å². The fourth-order valence-electron chi connectivity index (χ4n) is 1.74. The lowest BCUT2D eigenvalue weighted by Gasteiger charge is -2.13. The first-order valence-corrected chi connectivity index (χ1v) is 6.08. The second-order valence-electron chi connectivity index (χ2n) is 4.10. The fraction of sp³-hybridized carbons (Fsp3) is 0.385. The van der Waals surface area contributed by atoms with Crippen LogP contribution in [0.5, 0.6) is 0 Å². The van der Waals surface area contributed by atoms with Gasteiger partial charge in [0.1, 0.15) is 23.2 Å². The maximum Gasteiger partial charge on any atom is 0.132 e. The molecule has 2 aromatic heterocycles. The number of nitrogens with zero attached hydrogens (tertiary/aromatic N) is 2. The van der Waals surface area contributed by atoms with Crippen molar-refractivity contribution in [1.82, 2.24) is 9.97 Å². The van der Waals surface area contributed by atoms with Gasteiger partial charge in [-0.25, -0.2) is 9.97 Å². The van der Waals surface area contributed by atoms with E-state index in [1.807, 2.05) is 39.0 Å². The second kappa shape index (κ2) is 5.53. The molecule has 0 saturated carbocycles. The summed E-state index contributed by atoms with van der Waals surface area (Å²) in [6.07, 6.45) is 1.67. The first kappa shape index (κ1) is 12.4. The van der Waals surface area contributed by atoms with E-state index < -0.39 is 0 Å². The molecule has 5 heteroatoms. The van der Waals surface area contributed by atoms with Crippen molar-refractivity contribution in [3.63, 3.8) is 0 Å². The summed E-state index contributed by atoms with van der Waals surface area (Å²) in [6, 6.07) is 5.79. The number of hydrogen-bond donors (Lipinski definition) is 2. The Bertz CT molecular complexity index is 496. The van der Waals surface area contributed by atoms with E-state index in [1.165, 1.54) is 0 Å². The van der Waals surface area contributed by atoms with Gasteiger partial charge in [0.15, 0.2) is 0 Å². The maximum atomic E-state index is 5.35. The van der Waals surface area contributed by atoms with E-state index in [9.17, 15) is 0 Å². The Morgan fingerprint density at radius 3 is 2.78 bits per heavy atom. The number of furan rings is 1. The summed E-state index contributed by atoms with van der Waals surface area (Å²) in [5.74, 6) is 3.25. The Balaban J connectivity index is 2.13. The molecule has 2 heterocycles. The van der Waals surface area contributed by atoms with Crippen LogP contribution in [0.15, 0.2) is 28.9 Å². The highest BCUT2D eigenvalue weighted by atomic mass is 16.3. The quantitative estimate of drug-likeness (QED) is 0.849. The molecule has 0 saturated heterocycles. The van der Waals surface area contributed by atoms with Crippen LogP contribution in [0.3, 0.4) is 0 Å². The van der Waals surface area contributed by atoms with Crippen LogP contribution in [0.4, 0.5) is 11.6 Å². The number of aryl methyl sites for hydroxylation is 1. The molecule has 0 fully saturated rings. The zero-order valence-corrected chi connectivity index (χ0v) is 10.9. The lowest BCUT2D eigenvalue weighted by molar-refractivity contribution is 0.490. The summed E-state index contributed by atoms with van der Waals surface area (Å²) in [4.78, 5) is 8.67. The molecule has 5 nitrogen and oxygen atoms in total. The Morgan fingerprint density at radius 1 is 1.33 bits per heavy atom. The number of rotatable bonds is 5. The van der Waals surface area contributed by atoms with E-state index in [0.717, 1.165) is 29.8 Å².